The van der Waals surface area contributed by atoms with E-state index in [0.717, 1.165) is 28.2 Å². The van der Waals surface area contributed by atoms with E-state index < -0.39 is 17.7 Å². The van der Waals surface area contributed by atoms with Gasteiger partial charge in [0.05, 0.1) is 11.6 Å². The lowest BCUT2D eigenvalue weighted by molar-refractivity contribution is -0.132. The van der Waals surface area contributed by atoms with Crippen molar-refractivity contribution in [2.45, 2.75) is 42.2 Å². The predicted octanol–water partition coefficient (Wildman–Crippen LogP) is 7.50. The van der Waals surface area contributed by atoms with Gasteiger partial charge in [-0.2, -0.15) is 0 Å². The number of amides is 1. The number of carbonyl (C=O) groups excluding carboxylic acids is 2. The lowest BCUT2D eigenvalue weighted by Gasteiger charge is -2.23. The van der Waals surface area contributed by atoms with Gasteiger partial charge < -0.3 is 14.6 Å². The van der Waals surface area contributed by atoms with Crippen molar-refractivity contribution in [2.75, 3.05) is 4.90 Å². The Morgan fingerprint density at radius 3 is 2.66 bits per heavy atom. The number of aliphatic hydroxyl groups excluding tert-OH is 1. The number of thioether (sulfide) groups is 1. The molecule has 1 N–H and O–H groups in total. The van der Waals surface area contributed by atoms with E-state index in [1.165, 1.54) is 22.7 Å². The van der Waals surface area contributed by atoms with E-state index in [9.17, 15) is 19.1 Å². The number of rotatable bonds is 9. The van der Waals surface area contributed by atoms with E-state index in [2.05, 4.69) is 10.2 Å². The molecule has 2 atom stereocenters. The first-order chi connectivity index (χ1) is 22.9. The van der Waals surface area contributed by atoms with E-state index in [-0.39, 0.29) is 28.4 Å². The Balaban J connectivity index is 1.26. The molecule has 0 spiro atoms. The third kappa shape index (κ3) is 6.24. The van der Waals surface area contributed by atoms with E-state index >= 15 is 0 Å². The van der Waals surface area contributed by atoms with Gasteiger partial charge in [-0.1, -0.05) is 83.8 Å². The van der Waals surface area contributed by atoms with E-state index in [0.29, 0.717) is 45.6 Å². The van der Waals surface area contributed by atoms with Gasteiger partial charge in [-0.3, -0.25) is 14.5 Å². The summed E-state index contributed by atoms with van der Waals surface area (Å²) < 4.78 is 26.6. The predicted molar refractivity (Wildman–Crippen MR) is 178 cm³/mol. The van der Waals surface area contributed by atoms with Crippen LogP contribution in [0, 0.1) is 5.82 Å². The second-order valence-corrected chi connectivity index (χ2v) is 13.4. The number of nitrogens with zero attached hydrogens (tertiary/aromatic N) is 3. The van der Waals surface area contributed by atoms with Crippen molar-refractivity contribution < 1.29 is 28.6 Å². The zero-order chi connectivity index (χ0) is 32.5. The minimum absolute atomic E-state index is 0.00514. The third-order valence-electron chi connectivity index (χ3n) is 7.95. The van der Waals surface area contributed by atoms with Gasteiger partial charge in [0.2, 0.25) is 5.13 Å². The molecule has 7 rings (SSSR count). The molecule has 3 heterocycles. The van der Waals surface area contributed by atoms with E-state index in [1.54, 1.807) is 60.7 Å². The van der Waals surface area contributed by atoms with Crippen LogP contribution in [0.25, 0.3) is 5.76 Å². The maximum atomic E-state index is 14.2. The first kappa shape index (κ1) is 30.6. The average Bonchev–Trinajstić information content (AvgIpc) is 3.78. The molecule has 11 heteroatoms. The van der Waals surface area contributed by atoms with Crippen LogP contribution in [0.2, 0.25) is 0 Å². The van der Waals surface area contributed by atoms with Crippen LogP contribution in [-0.4, -0.2) is 33.1 Å². The smallest absolute Gasteiger partial charge is 0.301 e. The molecule has 5 aromatic rings. The van der Waals surface area contributed by atoms with Crippen LogP contribution in [-0.2, 0) is 28.4 Å². The van der Waals surface area contributed by atoms with Crippen molar-refractivity contribution in [1.82, 2.24) is 10.2 Å². The lowest BCUT2D eigenvalue weighted by Crippen LogP contribution is -2.29. The molecule has 1 amide bonds. The zero-order valence-corrected chi connectivity index (χ0v) is 26.8. The second-order valence-electron chi connectivity index (χ2n) is 11.2. The molecular formula is C36H28FN3O5S2. The monoisotopic (exact) mass is 665 g/mol. The second kappa shape index (κ2) is 13.0. The van der Waals surface area contributed by atoms with Crippen LogP contribution in [0.3, 0.4) is 0 Å². The minimum atomic E-state index is -1.02. The molecule has 1 fully saturated rings. The summed E-state index contributed by atoms with van der Waals surface area (Å²) in [4.78, 5) is 28.8. The lowest BCUT2D eigenvalue weighted by atomic mass is 9.94. The van der Waals surface area contributed by atoms with E-state index in [4.69, 9.17) is 9.47 Å². The van der Waals surface area contributed by atoms with Crippen LogP contribution in [0.1, 0.15) is 40.8 Å². The first-order valence-electron chi connectivity index (χ1n) is 14.9. The molecule has 0 bridgehead atoms. The number of Topliss-reactive ketones (excluding diaryl/α,β-unsaturated/α-hetero) is 1. The van der Waals surface area contributed by atoms with Crippen molar-refractivity contribution in [3.8, 4) is 11.5 Å². The summed E-state index contributed by atoms with van der Waals surface area (Å²) in [5.41, 5.74) is 3.27. The molecular weight excluding hydrogens is 638 g/mol. The molecule has 4 aromatic carbocycles. The van der Waals surface area contributed by atoms with Crippen molar-refractivity contribution >= 4 is 45.7 Å². The Morgan fingerprint density at radius 1 is 1.02 bits per heavy atom. The number of fused-ring (bicyclic) bond motifs is 1. The van der Waals surface area contributed by atoms with Crippen molar-refractivity contribution in [3.05, 3.63) is 136 Å². The molecule has 0 unspecified atom stereocenters. The number of ketones is 1. The zero-order valence-electron chi connectivity index (χ0n) is 25.1. The molecule has 1 aromatic heterocycles. The molecule has 1 saturated heterocycles. The fourth-order valence-electron chi connectivity index (χ4n) is 5.70. The largest absolute Gasteiger partial charge is 0.507 e. The van der Waals surface area contributed by atoms with Crippen LogP contribution < -0.4 is 14.4 Å². The van der Waals surface area contributed by atoms with Crippen LogP contribution in [0.5, 0.6) is 11.5 Å². The van der Waals surface area contributed by atoms with Crippen LogP contribution in [0.4, 0.5) is 9.52 Å². The summed E-state index contributed by atoms with van der Waals surface area (Å²) in [7, 11) is 0. The van der Waals surface area contributed by atoms with Crippen molar-refractivity contribution in [1.29, 1.82) is 0 Å². The van der Waals surface area contributed by atoms with Crippen LogP contribution >= 0.6 is 23.1 Å². The number of anilines is 1. The highest BCUT2D eigenvalue weighted by Crippen LogP contribution is 2.45. The molecule has 0 aliphatic carbocycles. The van der Waals surface area contributed by atoms with Gasteiger partial charge in [-0.25, -0.2) is 4.39 Å². The Labute approximate surface area is 278 Å². The number of benzene rings is 4. The summed E-state index contributed by atoms with van der Waals surface area (Å²) in [5, 5.41) is 20.4. The molecule has 2 aliphatic rings. The topological polar surface area (TPSA) is 102 Å². The number of ether oxygens (including phenoxy) is 2. The Hall–Kier alpha value is -5.00. The summed E-state index contributed by atoms with van der Waals surface area (Å²) in [6, 6.07) is 27.5. The van der Waals surface area contributed by atoms with Gasteiger partial charge in [-0.15, -0.1) is 10.2 Å². The van der Waals surface area contributed by atoms with Gasteiger partial charge in [0.1, 0.15) is 35.8 Å². The van der Waals surface area contributed by atoms with Crippen molar-refractivity contribution in [2.24, 2.45) is 0 Å². The highest BCUT2D eigenvalue weighted by atomic mass is 32.2. The fourth-order valence-corrected chi connectivity index (χ4v) is 7.55. The Kier molecular flexibility index (Phi) is 8.48. The number of hydrogen-bond acceptors (Lipinski definition) is 9. The molecule has 47 heavy (non-hydrogen) atoms. The Bertz CT molecular complexity index is 2010. The standard InChI is InChI=1S/C36H28FN3O5S2/c1-21-16-26-17-24(14-15-29(26)45-21)32(41)30-31(23-11-7-12-27(18-23)44-19-22-8-3-2-4-9-22)40(34(43)33(30)42)35-38-39-36(47-35)46-20-25-10-5-6-13-28(25)37/h2-15,17-18,21,31,41H,16,19-20H2,1H3/b32-30+/t21-,31-/m0/s1. The van der Waals surface area contributed by atoms with Crippen LogP contribution in [0.15, 0.2) is 107 Å². The summed E-state index contributed by atoms with van der Waals surface area (Å²) in [5.74, 6) is -0.742. The van der Waals surface area contributed by atoms with Gasteiger partial charge in [0, 0.05) is 17.7 Å². The normalized spacial score (nSPS) is 18.3. The fraction of sp³-hybridized carbons (Fsp3) is 0.167. The highest BCUT2D eigenvalue weighted by Gasteiger charge is 2.48. The van der Waals surface area contributed by atoms with Gasteiger partial charge in [0.25, 0.3) is 5.78 Å². The maximum absolute atomic E-state index is 14.2. The summed E-state index contributed by atoms with van der Waals surface area (Å²) >= 11 is 2.39. The summed E-state index contributed by atoms with van der Waals surface area (Å²) in [6.45, 7) is 2.28. The van der Waals surface area contributed by atoms with Crippen molar-refractivity contribution in [3.63, 3.8) is 0 Å². The molecule has 0 radical (unpaired) electrons. The third-order valence-corrected chi connectivity index (χ3v) is 10.1. The minimum Gasteiger partial charge on any atom is -0.507 e. The number of carbonyl (C=O) groups is 2. The number of aliphatic hydroxyl groups is 1. The quantitative estimate of drug-likeness (QED) is 0.0568. The number of hydrogen-bond donors (Lipinski definition) is 1. The number of aromatic nitrogens is 2. The summed E-state index contributed by atoms with van der Waals surface area (Å²) in [6.07, 6.45) is 0.655. The Morgan fingerprint density at radius 2 is 1.83 bits per heavy atom. The molecule has 236 valence electrons. The highest BCUT2D eigenvalue weighted by molar-refractivity contribution is 8.00. The van der Waals surface area contributed by atoms with E-state index in [1.807, 2.05) is 37.3 Å². The van der Waals surface area contributed by atoms with Gasteiger partial charge >= 0.3 is 5.91 Å². The molecule has 0 saturated carbocycles. The van der Waals surface area contributed by atoms with Gasteiger partial charge in [-0.05, 0) is 65.6 Å². The number of halogens is 1. The molecule has 8 nitrogen and oxygen atoms in total. The van der Waals surface area contributed by atoms with Gasteiger partial charge in [0.15, 0.2) is 4.34 Å². The first-order valence-corrected chi connectivity index (χ1v) is 16.7. The molecule has 2 aliphatic heterocycles. The average molecular weight is 666 g/mol. The SMILES string of the molecule is C[C@H]1Cc2cc(/C(O)=C3\C(=O)C(=O)N(c4nnc(SCc5ccccc5F)s4)[C@H]3c3cccc(OCc4ccccc4)c3)ccc2O1. The maximum Gasteiger partial charge on any atom is 0.301 e.